The maximum atomic E-state index is 12.0. The summed E-state index contributed by atoms with van der Waals surface area (Å²) in [5.41, 5.74) is 3.75. The second-order valence-electron chi connectivity index (χ2n) is 5.90. The van der Waals surface area contributed by atoms with Gasteiger partial charge >= 0.3 is 0 Å². The van der Waals surface area contributed by atoms with Gasteiger partial charge in [-0.3, -0.25) is 4.79 Å². The first-order valence-corrected chi connectivity index (χ1v) is 8.23. The van der Waals surface area contributed by atoms with Crippen LogP contribution < -0.4 is 10.2 Å². The fraction of sp³-hybridized carbons (Fsp3) is 0.368. The van der Waals surface area contributed by atoms with Crippen LogP contribution in [0.2, 0.25) is 0 Å². The molecule has 0 aromatic heterocycles. The Morgan fingerprint density at radius 3 is 2.96 bits per heavy atom. The third kappa shape index (κ3) is 3.70. The molecule has 0 bridgehead atoms. The molecule has 1 unspecified atom stereocenters. The molecule has 23 heavy (non-hydrogen) atoms. The molecule has 120 valence electrons. The first-order valence-electron chi connectivity index (χ1n) is 8.23. The van der Waals surface area contributed by atoms with Gasteiger partial charge in [0.25, 0.3) is 5.91 Å². The van der Waals surface area contributed by atoms with Gasteiger partial charge in [0.05, 0.1) is 0 Å². The van der Waals surface area contributed by atoms with Crippen LogP contribution in [0.4, 0.5) is 0 Å². The predicted molar refractivity (Wildman–Crippen MR) is 92.7 cm³/mol. The molecule has 1 fully saturated rings. The summed E-state index contributed by atoms with van der Waals surface area (Å²) < 4.78 is 5.67. The lowest BCUT2D eigenvalue weighted by Gasteiger charge is -2.10. The zero-order chi connectivity index (χ0) is 16.1. The second kappa shape index (κ2) is 7.27. The number of nitrogens with zero attached hydrogens (tertiary/aromatic N) is 1. The molecular formula is C19H22N2O2. The van der Waals surface area contributed by atoms with Crippen LogP contribution in [0.25, 0.3) is 10.8 Å². The molecule has 0 spiro atoms. The van der Waals surface area contributed by atoms with Crippen molar-refractivity contribution in [3.8, 4) is 5.75 Å². The molecule has 4 nitrogen and oxygen atoms in total. The zero-order valence-electron chi connectivity index (χ0n) is 13.4. The van der Waals surface area contributed by atoms with E-state index < -0.39 is 0 Å². The minimum Gasteiger partial charge on any atom is -0.483 e. The van der Waals surface area contributed by atoms with Gasteiger partial charge in [0.1, 0.15) is 5.75 Å². The molecular weight excluding hydrogens is 288 g/mol. The summed E-state index contributed by atoms with van der Waals surface area (Å²) in [6.45, 7) is 2.14. The smallest absolute Gasteiger partial charge is 0.277 e. The van der Waals surface area contributed by atoms with Gasteiger partial charge in [-0.2, -0.15) is 5.10 Å². The highest BCUT2D eigenvalue weighted by atomic mass is 16.5. The Morgan fingerprint density at radius 2 is 2.09 bits per heavy atom. The highest BCUT2D eigenvalue weighted by Gasteiger charge is 2.20. The van der Waals surface area contributed by atoms with E-state index in [9.17, 15) is 4.79 Å². The molecule has 4 heteroatoms. The number of ether oxygens (including phenoxy) is 1. The van der Waals surface area contributed by atoms with Crippen molar-refractivity contribution in [3.63, 3.8) is 0 Å². The number of fused-ring (bicyclic) bond motifs is 1. The number of benzene rings is 2. The summed E-state index contributed by atoms with van der Waals surface area (Å²) in [6.07, 6.45) is 4.42. The fourth-order valence-corrected chi connectivity index (χ4v) is 3.12. The quantitative estimate of drug-likeness (QED) is 0.852. The van der Waals surface area contributed by atoms with Gasteiger partial charge in [0.15, 0.2) is 6.61 Å². The summed E-state index contributed by atoms with van der Waals surface area (Å²) in [7, 11) is 0. The van der Waals surface area contributed by atoms with Crippen LogP contribution >= 0.6 is 0 Å². The molecule has 3 rings (SSSR count). The lowest BCUT2D eigenvalue weighted by atomic mass is 10.0. The molecule has 1 atom stereocenters. The number of hydrazone groups is 1. The molecule has 2 aromatic rings. The minimum absolute atomic E-state index is 0.0262. The summed E-state index contributed by atoms with van der Waals surface area (Å²) in [5.74, 6) is 1.03. The predicted octanol–water partition coefficient (Wildman–Crippen LogP) is 3.90. The Bertz CT molecular complexity index is 719. The minimum atomic E-state index is -0.216. The van der Waals surface area contributed by atoms with Crippen molar-refractivity contribution in [1.82, 2.24) is 5.43 Å². The number of hydrogen-bond donors (Lipinski definition) is 1. The van der Waals surface area contributed by atoms with Gasteiger partial charge in [-0.15, -0.1) is 0 Å². The highest BCUT2D eigenvalue weighted by molar-refractivity contribution is 5.90. The SMILES string of the molecule is CCC1CCCC1=NNC(=O)COc1cccc2ccccc12. The van der Waals surface area contributed by atoms with Gasteiger partial charge in [-0.25, -0.2) is 5.43 Å². The van der Waals surface area contributed by atoms with E-state index in [2.05, 4.69) is 17.5 Å². The van der Waals surface area contributed by atoms with E-state index in [1.807, 2.05) is 42.5 Å². The molecule has 0 aliphatic heterocycles. The largest absolute Gasteiger partial charge is 0.483 e. The number of rotatable bonds is 5. The van der Waals surface area contributed by atoms with Crippen molar-refractivity contribution in [3.05, 3.63) is 42.5 Å². The van der Waals surface area contributed by atoms with E-state index in [0.717, 1.165) is 35.1 Å². The molecule has 1 aliphatic rings. The normalized spacial score (nSPS) is 19.2. The van der Waals surface area contributed by atoms with Crippen LogP contribution in [0.3, 0.4) is 0 Å². The van der Waals surface area contributed by atoms with E-state index in [1.165, 1.54) is 12.8 Å². The lowest BCUT2D eigenvalue weighted by molar-refractivity contribution is -0.123. The Hall–Kier alpha value is -2.36. The summed E-state index contributed by atoms with van der Waals surface area (Å²) in [5, 5.41) is 6.40. The molecule has 1 aliphatic carbocycles. The van der Waals surface area contributed by atoms with Crippen molar-refractivity contribution in [2.75, 3.05) is 6.61 Å². The molecule has 1 amide bonds. The summed E-state index contributed by atoms with van der Waals surface area (Å²) in [4.78, 5) is 12.0. The first kappa shape index (κ1) is 15.5. The van der Waals surface area contributed by atoms with Gasteiger partial charge in [-0.05, 0) is 43.1 Å². The average molecular weight is 310 g/mol. The Labute approximate surface area is 136 Å². The standard InChI is InChI=1S/C19H22N2O2/c1-2-14-8-5-11-17(14)20-21-19(22)13-23-18-12-6-9-15-7-3-4-10-16(15)18/h3-4,6-7,9-10,12,14H,2,5,8,11,13H2,1H3,(H,21,22). The molecule has 0 saturated heterocycles. The first-order chi connectivity index (χ1) is 11.3. The Kier molecular flexibility index (Phi) is 4.91. The van der Waals surface area contributed by atoms with Crippen LogP contribution in [0.5, 0.6) is 5.75 Å². The maximum Gasteiger partial charge on any atom is 0.277 e. The zero-order valence-corrected chi connectivity index (χ0v) is 13.4. The van der Waals surface area contributed by atoms with Crippen LogP contribution in [-0.4, -0.2) is 18.2 Å². The monoisotopic (exact) mass is 310 g/mol. The number of hydrogen-bond acceptors (Lipinski definition) is 3. The molecule has 2 aromatic carbocycles. The van der Waals surface area contributed by atoms with Crippen molar-refractivity contribution >= 4 is 22.4 Å². The third-order valence-corrected chi connectivity index (χ3v) is 4.38. The van der Waals surface area contributed by atoms with Gasteiger partial charge in [0, 0.05) is 11.1 Å². The van der Waals surface area contributed by atoms with Crippen LogP contribution in [0.15, 0.2) is 47.6 Å². The van der Waals surface area contributed by atoms with E-state index >= 15 is 0 Å². The van der Waals surface area contributed by atoms with Crippen molar-refractivity contribution < 1.29 is 9.53 Å². The maximum absolute atomic E-state index is 12.0. The topological polar surface area (TPSA) is 50.7 Å². The van der Waals surface area contributed by atoms with E-state index in [1.54, 1.807) is 0 Å². The van der Waals surface area contributed by atoms with Gasteiger partial charge in [-0.1, -0.05) is 43.3 Å². The highest BCUT2D eigenvalue weighted by Crippen LogP contribution is 2.26. The van der Waals surface area contributed by atoms with Crippen LogP contribution in [-0.2, 0) is 4.79 Å². The van der Waals surface area contributed by atoms with E-state index in [0.29, 0.717) is 5.92 Å². The third-order valence-electron chi connectivity index (χ3n) is 4.38. The number of carbonyl (C=O) groups excluding carboxylic acids is 1. The molecule has 1 saturated carbocycles. The van der Waals surface area contributed by atoms with Crippen molar-refractivity contribution in [1.29, 1.82) is 0 Å². The fourth-order valence-electron chi connectivity index (χ4n) is 3.12. The van der Waals surface area contributed by atoms with Gasteiger partial charge < -0.3 is 4.74 Å². The van der Waals surface area contributed by atoms with E-state index in [4.69, 9.17) is 4.74 Å². The molecule has 0 radical (unpaired) electrons. The number of amides is 1. The summed E-state index contributed by atoms with van der Waals surface area (Å²) in [6, 6.07) is 13.8. The van der Waals surface area contributed by atoms with E-state index in [-0.39, 0.29) is 12.5 Å². The lowest BCUT2D eigenvalue weighted by Crippen LogP contribution is -2.26. The van der Waals surface area contributed by atoms with Crippen LogP contribution in [0, 0.1) is 5.92 Å². The van der Waals surface area contributed by atoms with Gasteiger partial charge in [0.2, 0.25) is 0 Å². The second-order valence-corrected chi connectivity index (χ2v) is 5.90. The van der Waals surface area contributed by atoms with Crippen LogP contribution in [0.1, 0.15) is 32.6 Å². The Morgan fingerprint density at radius 1 is 1.26 bits per heavy atom. The average Bonchev–Trinajstić information content (AvgIpc) is 3.05. The molecule has 0 heterocycles. The number of carbonyl (C=O) groups is 1. The van der Waals surface area contributed by atoms with Crippen molar-refractivity contribution in [2.24, 2.45) is 11.0 Å². The van der Waals surface area contributed by atoms with Crippen molar-refractivity contribution in [2.45, 2.75) is 32.6 Å². The number of nitrogens with one attached hydrogen (secondary N) is 1. The summed E-state index contributed by atoms with van der Waals surface area (Å²) >= 11 is 0. The Balaban J connectivity index is 1.59. The molecule has 1 N–H and O–H groups in total.